The molecule has 1 heterocycles. The zero-order chi connectivity index (χ0) is 12.7. The van der Waals surface area contributed by atoms with Crippen LogP contribution >= 0.6 is 0 Å². The van der Waals surface area contributed by atoms with Crippen LogP contribution in [0.15, 0.2) is 0 Å². The topological polar surface area (TPSA) is 86.8 Å². The Hall–Kier alpha value is -0.585. The van der Waals surface area contributed by atoms with E-state index < -0.39 is 7.12 Å². The first kappa shape index (κ1) is 14.5. The number of nitrogens with two attached hydrogens (primary N) is 1. The fourth-order valence-corrected chi connectivity index (χ4v) is 2.40. The summed E-state index contributed by atoms with van der Waals surface area (Å²) in [5.74, 6) is -0.377. The van der Waals surface area contributed by atoms with E-state index >= 15 is 0 Å². The van der Waals surface area contributed by atoms with Crippen molar-refractivity contribution in [2.75, 3.05) is 6.54 Å². The summed E-state index contributed by atoms with van der Waals surface area (Å²) >= 11 is 0. The van der Waals surface area contributed by atoms with E-state index in [1.165, 1.54) is 37.0 Å². The predicted molar refractivity (Wildman–Crippen MR) is 67.0 cm³/mol. The Morgan fingerprint density at radius 2 is 1.76 bits per heavy atom. The number of amides is 1. The average molecular weight is 242 g/mol. The Balaban J connectivity index is 0.000000181. The molecule has 2 rings (SSSR count). The van der Waals surface area contributed by atoms with Gasteiger partial charge in [0, 0.05) is 12.6 Å². The number of carbonyl (C=O) groups excluding carboxylic acids is 1. The molecule has 17 heavy (non-hydrogen) atoms. The molecule has 1 saturated carbocycles. The third-order valence-electron chi connectivity index (χ3n) is 3.47. The molecule has 1 unspecified atom stereocenters. The quantitative estimate of drug-likeness (QED) is 0.466. The van der Waals surface area contributed by atoms with Crippen LogP contribution in [-0.2, 0) is 4.79 Å². The first-order chi connectivity index (χ1) is 8.15. The number of likely N-dealkylation sites (tertiary alicyclic amines) is 1. The van der Waals surface area contributed by atoms with Gasteiger partial charge in [0.15, 0.2) is 0 Å². The zero-order valence-corrected chi connectivity index (χ0v) is 10.3. The van der Waals surface area contributed by atoms with Gasteiger partial charge in [-0.25, -0.2) is 0 Å². The van der Waals surface area contributed by atoms with Crippen molar-refractivity contribution in [3.05, 3.63) is 0 Å². The molecule has 1 amide bonds. The van der Waals surface area contributed by atoms with Crippen LogP contribution in [0.5, 0.6) is 0 Å². The van der Waals surface area contributed by atoms with Crippen molar-refractivity contribution in [2.45, 2.75) is 56.9 Å². The molecule has 0 radical (unpaired) electrons. The Morgan fingerprint density at radius 1 is 1.12 bits per heavy atom. The second-order valence-corrected chi connectivity index (χ2v) is 4.86. The number of carbonyl (C=O) groups is 1. The van der Waals surface area contributed by atoms with Crippen molar-refractivity contribution in [1.82, 2.24) is 4.90 Å². The summed E-state index contributed by atoms with van der Waals surface area (Å²) in [6.45, 7) is 0.645. The van der Waals surface area contributed by atoms with E-state index in [-0.39, 0.29) is 5.94 Å². The van der Waals surface area contributed by atoms with Gasteiger partial charge in [0.2, 0.25) is 6.41 Å². The highest BCUT2D eigenvalue weighted by Gasteiger charge is 2.32. The van der Waals surface area contributed by atoms with E-state index in [1.807, 2.05) is 0 Å². The van der Waals surface area contributed by atoms with Crippen LogP contribution in [0.3, 0.4) is 0 Å². The van der Waals surface area contributed by atoms with Gasteiger partial charge in [-0.05, 0) is 25.7 Å². The van der Waals surface area contributed by atoms with E-state index in [0.29, 0.717) is 25.4 Å². The van der Waals surface area contributed by atoms with E-state index in [0.717, 1.165) is 6.42 Å². The van der Waals surface area contributed by atoms with Crippen LogP contribution in [0.2, 0.25) is 0 Å². The Kier molecular flexibility index (Phi) is 6.54. The molecule has 1 saturated heterocycles. The number of hydrogen-bond donors (Lipinski definition) is 3. The maximum absolute atomic E-state index is 10.2. The van der Waals surface area contributed by atoms with Crippen LogP contribution in [0.25, 0.3) is 0 Å². The van der Waals surface area contributed by atoms with Gasteiger partial charge in [0.25, 0.3) is 0 Å². The third kappa shape index (κ3) is 5.06. The van der Waals surface area contributed by atoms with Crippen LogP contribution in [0.1, 0.15) is 44.9 Å². The summed E-state index contributed by atoms with van der Waals surface area (Å²) in [5.41, 5.74) is 5.63. The number of hydrogen-bond acceptors (Lipinski definition) is 4. The second-order valence-electron chi connectivity index (χ2n) is 4.86. The van der Waals surface area contributed by atoms with E-state index in [9.17, 15) is 4.79 Å². The summed E-state index contributed by atoms with van der Waals surface area (Å²) in [6.07, 6.45) is 8.88. The summed E-state index contributed by atoms with van der Waals surface area (Å²) in [6, 6.07) is 0.536. The van der Waals surface area contributed by atoms with Crippen LogP contribution in [0, 0.1) is 0 Å². The highest BCUT2D eigenvalue weighted by Crippen LogP contribution is 2.15. The standard InChI is InChI=1S/C6H13N.C5H10BNO3/c7-6-4-2-1-3-5-6;8-4-7-3-1-2-5(7)6(9)10/h6H,1-5,7H2;4-5,9-10H,1-3H2. The second kappa shape index (κ2) is 7.69. The van der Waals surface area contributed by atoms with Gasteiger partial charge >= 0.3 is 7.12 Å². The van der Waals surface area contributed by atoms with Crippen LogP contribution < -0.4 is 5.73 Å². The molecule has 4 N–H and O–H groups in total. The molecule has 0 aromatic carbocycles. The molecule has 1 atom stereocenters. The molecule has 0 aromatic heterocycles. The molecule has 6 heteroatoms. The molecule has 0 aromatic rings. The molecule has 98 valence electrons. The van der Waals surface area contributed by atoms with Crippen molar-refractivity contribution in [1.29, 1.82) is 0 Å². The molecular formula is C11H23BN2O3. The first-order valence-electron chi connectivity index (χ1n) is 6.48. The lowest BCUT2D eigenvalue weighted by Crippen LogP contribution is -2.41. The Labute approximate surface area is 103 Å². The Morgan fingerprint density at radius 3 is 2.12 bits per heavy atom. The molecule has 5 nitrogen and oxygen atoms in total. The SMILES string of the molecule is NC1CCCCC1.O=CN1CCCC1B(O)O. The third-order valence-corrected chi connectivity index (χ3v) is 3.47. The van der Waals surface area contributed by atoms with Gasteiger partial charge in [0.1, 0.15) is 0 Å². The van der Waals surface area contributed by atoms with E-state index in [4.69, 9.17) is 15.8 Å². The lowest BCUT2D eigenvalue weighted by Gasteiger charge is -2.17. The molecule has 0 bridgehead atoms. The summed E-state index contributed by atoms with van der Waals surface area (Å²) in [4.78, 5) is 11.6. The van der Waals surface area contributed by atoms with Gasteiger partial charge < -0.3 is 20.7 Å². The van der Waals surface area contributed by atoms with Gasteiger partial charge in [0.05, 0.1) is 5.94 Å². The monoisotopic (exact) mass is 242 g/mol. The molecule has 2 aliphatic rings. The lowest BCUT2D eigenvalue weighted by atomic mass is 9.78. The largest absolute Gasteiger partial charge is 0.475 e. The first-order valence-corrected chi connectivity index (χ1v) is 6.48. The van der Waals surface area contributed by atoms with Crippen LogP contribution in [-0.4, -0.2) is 47.0 Å². The van der Waals surface area contributed by atoms with Gasteiger partial charge in [-0.15, -0.1) is 0 Å². The molecule has 0 spiro atoms. The zero-order valence-electron chi connectivity index (χ0n) is 10.3. The van der Waals surface area contributed by atoms with Gasteiger partial charge in [-0.3, -0.25) is 4.79 Å². The minimum absolute atomic E-state index is 0.377. The highest BCUT2D eigenvalue weighted by molar-refractivity contribution is 6.43. The number of nitrogens with zero attached hydrogens (tertiary/aromatic N) is 1. The van der Waals surface area contributed by atoms with Crippen molar-refractivity contribution < 1.29 is 14.8 Å². The Bertz CT molecular complexity index is 223. The molecule has 2 fully saturated rings. The molecule has 1 aliphatic heterocycles. The minimum Gasteiger partial charge on any atom is -0.426 e. The van der Waals surface area contributed by atoms with E-state index in [2.05, 4.69) is 0 Å². The molecule has 1 aliphatic carbocycles. The van der Waals surface area contributed by atoms with Gasteiger partial charge in [-0.2, -0.15) is 0 Å². The number of rotatable bonds is 2. The van der Waals surface area contributed by atoms with Crippen molar-refractivity contribution in [3.8, 4) is 0 Å². The molecular weight excluding hydrogens is 219 g/mol. The average Bonchev–Trinajstić information content (AvgIpc) is 2.79. The van der Waals surface area contributed by atoms with Crippen molar-refractivity contribution in [2.24, 2.45) is 5.73 Å². The fourth-order valence-electron chi connectivity index (χ4n) is 2.40. The summed E-state index contributed by atoms with van der Waals surface area (Å²) in [7, 11) is -1.38. The summed E-state index contributed by atoms with van der Waals surface area (Å²) < 4.78 is 0. The summed E-state index contributed by atoms with van der Waals surface area (Å²) in [5, 5.41) is 17.4. The smallest absolute Gasteiger partial charge is 0.426 e. The lowest BCUT2D eigenvalue weighted by molar-refractivity contribution is -0.118. The minimum atomic E-state index is -1.38. The maximum Gasteiger partial charge on any atom is 0.475 e. The van der Waals surface area contributed by atoms with Crippen molar-refractivity contribution >= 4 is 13.5 Å². The highest BCUT2D eigenvalue weighted by atomic mass is 16.4. The van der Waals surface area contributed by atoms with E-state index in [1.54, 1.807) is 0 Å². The van der Waals surface area contributed by atoms with Gasteiger partial charge in [-0.1, -0.05) is 19.3 Å². The van der Waals surface area contributed by atoms with Crippen LogP contribution in [0.4, 0.5) is 0 Å². The maximum atomic E-state index is 10.2. The normalized spacial score (nSPS) is 25.1. The predicted octanol–water partition coefficient (Wildman–Crippen LogP) is -0.103. The fraction of sp³-hybridized carbons (Fsp3) is 0.909. The van der Waals surface area contributed by atoms with Crippen molar-refractivity contribution in [3.63, 3.8) is 0 Å².